The Labute approximate surface area is 200 Å². The van der Waals surface area contributed by atoms with E-state index in [1.807, 2.05) is 13.8 Å². The van der Waals surface area contributed by atoms with E-state index >= 15 is 0 Å². The molecule has 2 aromatic rings. The van der Waals surface area contributed by atoms with Crippen molar-refractivity contribution in [2.45, 2.75) is 19.9 Å². The topological polar surface area (TPSA) is 89.0 Å². The van der Waals surface area contributed by atoms with Gasteiger partial charge in [0.1, 0.15) is 12.6 Å². The summed E-state index contributed by atoms with van der Waals surface area (Å²) in [5, 5.41) is 7.25. The molecule has 2 N–H and O–H groups in total. The summed E-state index contributed by atoms with van der Waals surface area (Å²) in [6.45, 7) is 3.75. The summed E-state index contributed by atoms with van der Waals surface area (Å²) in [5.41, 5.74) is 3.51. The van der Waals surface area contributed by atoms with Gasteiger partial charge in [0.15, 0.2) is 11.5 Å². The fourth-order valence-electron chi connectivity index (χ4n) is 2.67. The van der Waals surface area contributed by atoms with E-state index in [9.17, 15) is 9.59 Å². The lowest BCUT2D eigenvalue weighted by atomic mass is 10.0. The Morgan fingerprint density at radius 2 is 1.97 bits per heavy atom. The third-order valence-electron chi connectivity index (χ3n) is 4.28. The number of terminal acetylenes is 1. The zero-order valence-electron chi connectivity index (χ0n) is 17.8. The lowest BCUT2D eigenvalue weighted by Gasteiger charge is -2.20. The third-order valence-corrected chi connectivity index (χ3v) is 5.12. The monoisotopic (exact) mass is 519 g/mol. The molecule has 1 atom stereocenters. The van der Waals surface area contributed by atoms with E-state index in [0.717, 1.165) is 0 Å². The molecule has 7 nitrogen and oxygen atoms in total. The third kappa shape index (κ3) is 7.01. The summed E-state index contributed by atoms with van der Waals surface area (Å²) in [6.07, 6.45) is 6.69. The van der Waals surface area contributed by atoms with Crippen LogP contribution >= 0.6 is 27.5 Å². The molecule has 0 aliphatic heterocycles. The average Bonchev–Trinajstić information content (AvgIpc) is 2.76. The van der Waals surface area contributed by atoms with Crippen molar-refractivity contribution in [1.82, 2.24) is 10.7 Å². The molecule has 0 aliphatic carbocycles. The van der Waals surface area contributed by atoms with Gasteiger partial charge in [0, 0.05) is 10.6 Å². The molecule has 1 unspecified atom stereocenters. The van der Waals surface area contributed by atoms with Crippen molar-refractivity contribution in [1.29, 1.82) is 0 Å². The summed E-state index contributed by atoms with van der Waals surface area (Å²) in [6, 6.07) is 9.05. The molecule has 0 aromatic heterocycles. The molecule has 0 heterocycles. The number of benzene rings is 2. The maximum absolute atomic E-state index is 12.6. The first-order valence-electron chi connectivity index (χ1n) is 9.60. The minimum atomic E-state index is -0.781. The van der Waals surface area contributed by atoms with Crippen LogP contribution in [0.15, 0.2) is 46.0 Å². The molecule has 0 aliphatic rings. The predicted molar refractivity (Wildman–Crippen MR) is 128 cm³/mol. The Morgan fingerprint density at radius 1 is 1.28 bits per heavy atom. The lowest BCUT2D eigenvalue weighted by molar-refractivity contribution is -0.123. The van der Waals surface area contributed by atoms with Gasteiger partial charge < -0.3 is 14.8 Å². The van der Waals surface area contributed by atoms with E-state index in [0.29, 0.717) is 32.1 Å². The Morgan fingerprint density at radius 3 is 2.56 bits per heavy atom. The molecule has 0 spiro atoms. The SMILES string of the molecule is C#CCOc1c(Br)cc(/C=N/NC(=O)C(NC(=O)c2ccc(Cl)cc2)C(C)C)cc1OC. The Bertz CT molecular complexity index is 1030. The van der Waals surface area contributed by atoms with Crippen LogP contribution in [0.4, 0.5) is 0 Å². The van der Waals surface area contributed by atoms with Crippen LogP contribution in [0.1, 0.15) is 29.8 Å². The summed E-state index contributed by atoms with van der Waals surface area (Å²) >= 11 is 9.26. The molecular weight excluding hydrogens is 498 g/mol. The number of halogens is 2. The van der Waals surface area contributed by atoms with Crippen LogP contribution < -0.4 is 20.2 Å². The highest BCUT2D eigenvalue weighted by Crippen LogP contribution is 2.36. The molecule has 2 rings (SSSR count). The first kappa shape index (κ1) is 25.2. The van der Waals surface area contributed by atoms with Gasteiger partial charge in [-0.25, -0.2) is 5.43 Å². The van der Waals surface area contributed by atoms with Crippen LogP contribution in [0.25, 0.3) is 0 Å². The smallest absolute Gasteiger partial charge is 0.262 e. The maximum atomic E-state index is 12.6. The van der Waals surface area contributed by atoms with E-state index in [4.69, 9.17) is 27.5 Å². The first-order valence-corrected chi connectivity index (χ1v) is 10.8. The number of nitrogens with zero attached hydrogens (tertiary/aromatic N) is 1. The Balaban J connectivity index is 2.08. The Kier molecular flexibility index (Phi) is 9.57. The second kappa shape index (κ2) is 12.1. The quantitative estimate of drug-likeness (QED) is 0.297. The van der Waals surface area contributed by atoms with E-state index in [1.54, 1.807) is 36.4 Å². The van der Waals surface area contributed by atoms with Crippen molar-refractivity contribution in [3.05, 3.63) is 57.0 Å². The standard InChI is InChI=1S/C23H23BrClN3O4/c1-5-10-32-21-18(24)11-15(12-19(21)31-4)13-26-28-23(30)20(14(2)3)27-22(29)16-6-8-17(25)9-7-16/h1,6-9,11-14,20H,10H2,2-4H3,(H,27,29)(H,28,30)/b26-13+. The van der Waals surface area contributed by atoms with Crippen LogP contribution in [0.3, 0.4) is 0 Å². The highest BCUT2D eigenvalue weighted by Gasteiger charge is 2.24. The van der Waals surface area contributed by atoms with Gasteiger partial charge in [-0.3, -0.25) is 9.59 Å². The number of hydrogen-bond acceptors (Lipinski definition) is 5. The summed E-state index contributed by atoms with van der Waals surface area (Å²) < 4.78 is 11.4. The van der Waals surface area contributed by atoms with Gasteiger partial charge >= 0.3 is 0 Å². The normalized spacial score (nSPS) is 11.7. The van der Waals surface area contributed by atoms with Gasteiger partial charge in [0.25, 0.3) is 11.8 Å². The molecule has 0 saturated heterocycles. The zero-order chi connectivity index (χ0) is 23.7. The highest BCUT2D eigenvalue weighted by molar-refractivity contribution is 9.10. The lowest BCUT2D eigenvalue weighted by Crippen LogP contribution is -2.48. The predicted octanol–water partition coefficient (Wildman–Crippen LogP) is 4.03. The Hall–Kier alpha value is -3.02. The zero-order valence-corrected chi connectivity index (χ0v) is 20.2. The molecule has 0 saturated carbocycles. The number of carbonyl (C=O) groups is 2. The second-order valence-corrected chi connectivity index (χ2v) is 8.25. The van der Waals surface area contributed by atoms with E-state index < -0.39 is 11.9 Å². The van der Waals surface area contributed by atoms with Crippen LogP contribution in [-0.2, 0) is 4.79 Å². The van der Waals surface area contributed by atoms with E-state index in [-0.39, 0.29) is 18.4 Å². The number of ether oxygens (including phenoxy) is 2. The molecule has 2 amide bonds. The number of nitrogens with one attached hydrogen (secondary N) is 2. The van der Waals surface area contributed by atoms with E-state index in [1.165, 1.54) is 13.3 Å². The van der Waals surface area contributed by atoms with Crippen LogP contribution in [0.2, 0.25) is 5.02 Å². The number of carbonyl (C=O) groups excluding carboxylic acids is 2. The number of rotatable bonds is 9. The molecule has 2 aromatic carbocycles. The van der Waals surface area contributed by atoms with Gasteiger partial charge in [0.2, 0.25) is 0 Å². The highest BCUT2D eigenvalue weighted by atomic mass is 79.9. The van der Waals surface area contributed by atoms with Crippen LogP contribution in [0, 0.1) is 18.3 Å². The van der Waals surface area contributed by atoms with Crippen molar-refractivity contribution in [2.24, 2.45) is 11.0 Å². The van der Waals surface area contributed by atoms with E-state index in [2.05, 4.69) is 37.7 Å². The van der Waals surface area contributed by atoms with Gasteiger partial charge in [-0.2, -0.15) is 5.10 Å². The minimum Gasteiger partial charge on any atom is -0.493 e. The number of amides is 2. The van der Waals surface area contributed by atoms with Crippen LogP contribution in [0.5, 0.6) is 11.5 Å². The number of methoxy groups -OCH3 is 1. The van der Waals surface area contributed by atoms with Crippen molar-refractivity contribution in [3.63, 3.8) is 0 Å². The van der Waals surface area contributed by atoms with Crippen molar-refractivity contribution in [3.8, 4) is 23.8 Å². The summed E-state index contributed by atoms with van der Waals surface area (Å²) in [4.78, 5) is 25.1. The fourth-order valence-corrected chi connectivity index (χ4v) is 3.37. The summed E-state index contributed by atoms with van der Waals surface area (Å²) in [7, 11) is 1.50. The molecule has 168 valence electrons. The van der Waals surface area contributed by atoms with Gasteiger partial charge in [-0.15, -0.1) is 6.42 Å². The molecule has 0 fully saturated rings. The molecule has 0 radical (unpaired) electrons. The maximum Gasteiger partial charge on any atom is 0.262 e. The average molecular weight is 521 g/mol. The summed E-state index contributed by atoms with van der Waals surface area (Å²) in [5.74, 6) is 2.33. The fraction of sp³-hybridized carbons (Fsp3) is 0.261. The largest absolute Gasteiger partial charge is 0.493 e. The van der Waals surface area contributed by atoms with Gasteiger partial charge in [0.05, 0.1) is 17.8 Å². The molecule has 9 heteroatoms. The van der Waals surface area contributed by atoms with Crippen molar-refractivity contribution in [2.75, 3.05) is 13.7 Å². The molecular formula is C23H23BrClN3O4. The van der Waals surface area contributed by atoms with Crippen LogP contribution in [-0.4, -0.2) is 37.8 Å². The van der Waals surface area contributed by atoms with Gasteiger partial charge in [-0.1, -0.05) is 31.4 Å². The second-order valence-electron chi connectivity index (χ2n) is 6.96. The minimum absolute atomic E-state index is 0.0940. The van der Waals surface area contributed by atoms with Gasteiger partial charge in [-0.05, 0) is 63.8 Å². The first-order chi connectivity index (χ1) is 15.3. The van der Waals surface area contributed by atoms with Crippen molar-refractivity contribution < 1.29 is 19.1 Å². The molecule has 32 heavy (non-hydrogen) atoms. The van der Waals surface area contributed by atoms with Crippen molar-refractivity contribution >= 4 is 45.6 Å². The number of hydrogen-bond donors (Lipinski definition) is 2. The molecule has 0 bridgehead atoms. The number of hydrazone groups is 1.